The molecule has 1 aliphatic heterocycles. The zero-order chi connectivity index (χ0) is 14.8. The third kappa shape index (κ3) is 2.98. The highest BCUT2D eigenvalue weighted by Crippen LogP contribution is 2.35. The molecule has 3 nitrogen and oxygen atoms in total. The van der Waals surface area contributed by atoms with E-state index in [0.717, 1.165) is 38.6 Å². The molecule has 0 spiro atoms. The minimum atomic E-state index is 0.158. The summed E-state index contributed by atoms with van der Waals surface area (Å²) in [5.74, 6) is 0.981. The van der Waals surface area contributed by atoms with Crippen molar-refractivity contribution in [2.45, 2.75) is 57.0 Å². The van der Waals surface area contributed by atoms with Crippen molar-refractivity contribution in [3.63, 3.8) is 0 Å². The van der Waals surface area contributed by atoms with Gasteiger partial charge in [-0.25, -0.2) is 0 Å². The average Bonchev–Trinajstić information content (AvgIpc) is 2.89. The molecule has 21 heavy (non-hydrogen) atoms. The topological polar surface area (TPSA) is 46.3 Å². The molecule has 2 aliphatic rings. The number of hydrogen-bond acceptors (Lipinski definition) is 2. The Balaban J connectivity index is 1.68. The predicted molar refractivity (Wildman–Crippen MR) is 84.9 cm³/mol. The summed E-state index contributed by atoms with van der Waals surface area (Å²) in [5.41, 5.74) is 7.41. The summed E-state index contributed by atoms with van der Waals surface area (Å²) in [4.78, 5) is 14.9. The minimum Gasteiger partial charge on any atom is -0.339 e. The molecule has 1 aliphatic carbocycles. The van der Waals surface area contributed by atoms with E-state index in [2.05, 4.69) is 42.2 Å². The van der Waals surface area contributed by atoms with Gasteiger partial charge < -0.3 is 10.6 Å². The highest BCUT2D eigenvalue weighted by molar-refractivity contribution is 5.79. The standard InChI is InChI=1S/C18H26N2O/c1-13-17(14-6-3-2-4-7-14)10-11-20(13)18(21)15-8-5-9-16(19)12-15/h2-4,6-7,13,15-17H,5,8-12,19H2,1H3/t13-,15+,16-,17-/m1/s1. The molecule has 0 aromatic heterocycles. The molecule has 1 saturated carbocycles. The SMILES string of the molecule is C[C@@H]1[C@H](c2ccccc2)CCN1C(=O)[C@H]1CCC[C@@H](N)C1. The lowest BCUT2D eigenvalue weighted by Gasteiger charge is -2.32. The van der Waals surface area contributed by atoms with Gasteiger partial charge in [0.25, 0.3) is 0 Å². The summed E-state index contributed by atoms with van der Waals surface area (Å²) < 4.78 is 0. The molecule has 0 radical (unpaired) electrons. The van der Waals surface area contributed by atoms with Crippen molar-refractivity contribution >= 4 is 5.91 Å². The zero-order valence-corrected chi connectivity index (χ0v) is 12.9. The highest BCUT2D eigenvalue weighted by atomic mass is 16.2. The van der Waals surface area contributed by atoms with Gasteiger partial charge in [0.2, 0.25) is 5.91 Å². The summed E-state index contributed by atoms with van der Waals surface area (Å²) in [5, 5.41) is 0. The fraction of sp³-hybridized carbons (Fsp3) is 0.611. The predicted octanol–water partition coefficient (Wildman–Crippen LogP) is 2.91. The first-order valence-corrected chi connectivity index (χ1v) is 8.28. The first-order chi connectivity index (χ1) is 10.2. The molecule has 3 heteroatoms. The second-order valence-corrected chi connectivity index (χ2v) is 6.70. The molecule has 2 fully saturated rings. The highest BCUT2D eigenvalue weighted by Gasteiger charge is 2.38. The molecule has 4 atom stereocenters. The van der Waals surface area contributed by atoms with Crippen molar-refractivity contribution in [1.82, 2.24) is 4.90 Å². The van der Waals surface area contributed by atoms with Crippen LogP contribution < -0.4 is 5.73 Å². The number of nitrogens with two attached hydrogens (primary N) is 1. The van der Waals surface area contributed by atoms with Crippen molar-refractivity contribution in [2.75, 3.05) is 6.54 Å². The smallest absolute Gasteiger partial charge is 0.225 e. The van der Waals surface area contributed by atoms with Gasteiger partial charge in [-0.15, -0.1) is 0 Å². The first kappa shape index (κ1) is 14.6. The largest absolute Gasteiger partial charge is 0.339 e. The number of carbonyl (C=O) groups excluding carboxylic acids is 1. The lowest BCUT2D eigenvalue weighted by atomic mass is 9.85. The number of rotatable bonds is 2. The molecule has 114 valence electrons. The Hall–Kier alpha value is -1.35. The van der Waals surface area contributed by atoms with Crippen LogP contribution in [0.4, 0.5) is 0 Å². The van der Waals surface area contributed by atoms with Crippen molar-refractivity contribution in [1.29, 1.82) is 0 Å². The molecular formula is C18H26N2O. The lowest BCUT2D eigenvalue weighted by molar-refractivity contribution is -0.137. The molecule has 1 aromatic carbocycles. The van der Waals surface area contributed by atoms with Crippen LogP contribution in [0.2, 0.25) is 0 Å². The van der Waals surface area contributed by atoms with Crippen LogP contribution in [0.5, 0.6) is 0 Å². The van der Waals surface area contributed by atoms with Crippen LogP contribution in [0.15, 0.2) is 30.3 Å². The molecular weight excluding hydrogens is 260 g/mol. The maximum atomic E-state index is 12.8. The first-order valence-electron chi connectivity index (χ1n) is 8.28. The van der Waals surface area contributed by atoms with Gasteiger partial charge in [-0.05, 0) is 38.2 Å². The van der Waals surface area contributed by atoms with Crippen LogP contribution in [-0.2, 0) is 4.79 Å². The van der Waals surface area contributed by atoms with E-state index in [4.69, 9.17) is 5.73 Å². The number of carbonyl (C=O) groups is 1. The maximum Gasteiger partial charge on any atom is 0.225 e. The fourth-order valence-corrected chi connectivity index (χ4v) is 4.08. The summed E-state index contributed by atoms with van der Waals surface area (Å²) in [6.45, 7) is 3.09. The van der Waals surface area contributed by atoms with E-state index < -0.39 is 0 Å². The summed E-state index contributed by atoms with van der Waals surface area (Å²) >= 11 is 0. The second kappa shape index (κ2) is 6.18. The Labute approximate surface area is 127 Å². The monoisotopic (exact) mass is 286 g/mol. The third-order valence-electron chi connectivity index (χ3n) is 5.33. The van der Waals surface area contributed by atoms with Gasteiger partial charge in [-0.2, -0.15) is 0 Å². The van der Waals surface area contributed by atoms with Gasteiger partial charge in [0.1, 0.15) is 0 Å². The van der Waals surface area contributed by atoms with Crippen LogP contribution in [0.3, 0.4) is 0 Å². The zero-order valence-electron chi connectivity index (χ0n) is 12.9. The molecule has 1 aromatic rings. The average molecular weight is 286 g/mol. The minimum absolute atomic E-state index is 0.158. The fourth-order valence-electron chi connectivity index (χ4n) is 4.08. The maximum absolute atomic E-state index is 12.8. The number of hydrogen-bond donors (Lipinski definition) is 1. The van der Waals surface area contributed by atoms with Gasteiger partial charge in [0.05, 0.1) is 0 Å². The molecule has 2 N–H and O–H groups in total. The van der Waals surface area contributed by atoms with Gasteiger partial charge in [-0.3, -0.25) is 4.79 Å². The molecule has 0 bridgehead atoms. The third-order valence-corrected chi connectivity index (χ3v) is 5.33. The van der Waals surface area contributed by atoms with Crippen molar-refractivity contribution < 1.29 is 4.79 Å². The van der Waals surface area contributed by atoms with E-state index in [1.807, 2.05) is 0 Å². The normalized spacial score (nSPS) is 33.1. The van der Waals surface area contributed by atoms with Crippen LogP contribution in [0.25, 0.3) is 0 Å². The van der Waals surface area contributed by atoms with Gasteiger partial charge in [-0.1, -0.05) is 36.8 Å². The van der Waals surface area contributed by atoms with Crippen molar-refractivity contribution in [2.24, 2.45) is 11.7 Å². The van der Waals surface area contributed by atoms with Crippen LogP contribution in [0, 0.1) is 5.92 Å². The van der Waals surface area contributed by atoms with Gasteiger partial charge >= 0.3 is 0 Å². The number of nitrogens with zero attached hydrogens (tertiary/aromatic N) is 1. The van der Waals surface area contributed by atoms with Crippen molar-refractivity contribution in [3.8, 4) is 0 Å². The van der Waals surface area contributed by atoms with E-state index in [0.29, 0.717) is 17.9 Å². The van der Waals surface area contributed by atoms with Crippen LogP contribution in [-0.4, -0.2) is 29.4 Å². The Morgan fingerprint density at radius 2 is 1.95 bits per heavy atom. The summed E-state index contributed by atoms with van der Waals surface area (Å²) in [7, 11) is 0. The number of amides is 1. The quantitative estimate of drug-likeness (QED) is 0.908. The van der Waals surface area contributed by atoms with Gasteiger partial charge in [0, 0.05) is 30.5 Å². The number of likely N-dealkylation sites (tertiary alicyclic amines) is 1. The summed E-state index contributed by atoms with van der Waals surface area (Å²) in [6.07, 6.45) is 5.15. The Kier molecular flexibility index (Phi) is 4.29. The molecule has 1 saturated heterocycles. The molecule has 3 rings (SSSR count). The van der Waals surface area contributed by atoms with Crippen molar-refractivity contribution in [3.05, 3.63) is 35.9 Å². The van der Waals surface area contributed by atoms with Crippen LogP contribution in [0.1, 0.15) is 50.5 Å². The number of benzene rings is 1. The van der Waals surface area contributed by atoms with Gasteiger partial charge in [0.15, 0.2) is 0 Å². The Morgan fingerprint density at radius 1 is 1.19 bits per heavy atom. The van der Waals surface area contributed by atoms with Crippen LogP contribution >= 0.6 is 0 Å². The lowest BCUT2D eigenvalue weighted by Crippen LogP contribution is -2.42. The Morgan fingerprint density at radius 3 is 2.67 bits per heavy atom. The molecule has 0 unspecified atom stereocenters. The molecule has 1 heterocycles. The second-order valence-electron chi connectivity index (χ2n) is 6.70. The molecule has 1 amide bonds. The summed E-state index contributed by atoms with van der Waals surface area (Å²) in [6, 6.07) is 11.1. The Bertz CT molecular complexity index is 487. The van der Waals surface area contributed by atoms with E-state index >= 15 is 0 Å². The van der Waals surface area contributed by atoms with E-state index in [1.165, 1.54) is 5.56 Å². The van der Waals surface area contributed by atoms with E-state index in [-0.39, 0.29) is 12.0 Å². The van der Waals surface area contributed by atoms with E-state index in [1.54, 1.807) is 0 Å². The van der Waals surface area contributed by atoms with E-state index in [9.17, 15) is 4.79 Å².